The van der Waals surface area contributed by atoms with Gasteiger partial charge in [-0.1, -0.05) is 0 Å². The Kier molecular flexibility index (Phi) is 3.65. The molecule has 0 radical (unpaired) electrons. The standard InChI is InChI=1S/C14H24N6/c1-19-12(6-7-18-19)13-10(9-17-14(15)16)3-2-8-20(13)11-4-5-11/h6-7,10-11,13H,2-5,8-9H2,1H3,(H4,15,16,17)/t10-,13+/m0/s1. The normalized spacial score (nSPS) is 27.4. The van der Waals surface area contributed by atoms with Gasteiger partial charge in [-0.25, -0.2) is 0 Å². The number of piperidine rings is 1. The molecule has 6 nitrogen and oxygen atoms in total. The van der Waals surface area contributed by atoms with Crippen LogP contribution < -0.4 is 11.5 Å². The first-order valence-corrected chi connectivity index (χ1v) is 7.46. The molecule has 1 aliphatic heterocycles. The van der Waals surface area contributed by atoms with Gasteiger partial charge in [0.1, 0.15) is 0 Å². The zero-order chi connectivity index (χ0) is 14.1. The van der Waals surface area contributed by atoms with Crippen molar-refractivity contribution in [2.24, 2.45) is 29.4 Å². The van der Waals surface area contributed by atoms with Crippen molar-refractivity contribution in [3.63, 3.8) is 0 Å². The summed E-state index contributed by atoms with van der Waals surface area (Å²) in [5.74, 6) is 0.666. The summed E-state index contributed by atoms with van der Waals surface area (Å²) in [5, 5.41) is 4.34. The van der Waals surface area contributed by atoms with Crippen molar-refractivity contribution in [2.45, 2.75) is 37.8 Å². The van der Waals surface area contributed by atoms with Crippen molar-refractivity contribution < 1.29 is 0 Å². The van der Waals surface area contributed by atoms with E-state index < -0.39 is 0 Å². The summed E-state index contributed by atoms with van der Waals surface area (Å²) in [6.07, 6.45) is 6.94. The fourth-order valence-electron chi connectivity index (χ4n) is 3.42. The number of nitrogens with zero attached hydrogens (tertiary/aromatic N) is 4. The molecule has 2 aliphatic rings. The highest BCUT2D eigenvalue weighted by molar-refractivity contribution is 5.75. The van der Waals surface area contributed by atoms with Gasteiger partial charge in [0.2, 0.25) is 0 Å². The predicted molar refractivity (Wildman–Crippen MR) is 79.1 cm³/mol. The summed E-state index contributed by atoms with van der Waals surface area (Å²) < 4.78 is 1.99. The van der Waals surface area contributed by atoms with Crippen molar-refractivity contribution >= 4 is 5.96 Å². The van der Waals surface area contributed by atoms with E-state index in [1.165, 1.54) is 37.9 Å². The molecule has 1 aromatic heterocycles. The van der Waals surface area contributed by atoms with E-state index in [4.69, 9.17) is 11.5 Å². The summed E-state index contributed by atoms with van der Waals surface area (Å²) in [6, 6.07) is 3.28. The summed E-state index contributed by atoms with van der Waals surface area (Å²) >= 11 is 0. The van der Waals surface area contributed by atoms with E-state index in [0.29, 0.717) is 18.5 Å². The van der Waals surface area contributed by atoms with Crippen LogP contribution in [0.3, 0.4) is 0 Å². The molecule has 0 spiro atoms. The fraction of sp³-hybridized carbons (Fsp3) is 0.714. The minimum absolute atomic E-state index is 0.192. The average molecular weight is 276 g/mol. The van der Waals surface area contributed by atoms with Crippen LogP contribution in [-0.4, -0.2) is 39.8 Å². The van der Waals surface area contributed by atoms with Gasteiger partial charge in [-0.3, -0.25) is 14.6 Å². The molecule has 2 fully saturated rings. The van der Waals surface area contributed by atoms with Crippen molar-refractivity contribution in [3.05, 3.63) is 18.0 Å². The van der Waals surface area contributed by atoms with E-state index in [9.17, 15) is 0 Å². The number of guanidine groups is 1. The molecule has 4 N–H and O–H groups in total. The molecular formula is C14H24N6. The Balaban J connectivity index is 1.86. The molecule has 1 saturated carbocycles. The fourth-order valence-corrected chi connectivity index (χ4v) is 3.42. The van der Waals surface area contributed by atoms with Gasteiger partial charge < -0.3 is 11.5 Å². The minimum atomic E-state index is 0.192. The smallest absolute Gasteiger partial charge is 0.185 e. The molecule has 3 rings (SSSR count). The van der Waals surface area contributed by atoms with Crippen molar-refractivity contribution in [2.75, 3.05) is 13.1 Å². The van der Waals surface area contributed by atoms with Gasteiger partial charge in [-0.15, -0.1) is 0 Å². The maximum atomic E-state index is 5.51. The van der Waals surface area contributed by atoms with Gasteiger partial charge in [0, 0.05) is 25.8 Å². The van der Waals surface area contributed by atoms with Gasteiger partial charge in [-0.05, 0) is 44.2 Å². The third kappa shape index (κ3) is 2.65. The molecule has 0 bridgehead atoms. The Bertz CT molecular complexity index is 486. The monoisotopic (exact) mass is 276 g/mol. The van der Waals surface area contributed by atoms with Crippen LogP contribution in [0.15, 0.2) is 17.3 Å². The molecule has 2 atom stereocenters. The number of nitrogens with two attached hydrogens (primary N) is 2. The molecule has 1 aliphatic carbocycles. The number of hydrogen-bond acceptors (Lipinski definition) is 3. The van der Waals surface area contributed by atoms with Crippen LogP contribution >= 0.6 is 0 Å². The lowest BCUT2D eigenvalue weighted by atomic mass is 9.86. The van der Waals surface area contributed by atoms with Crippen LogP contribution in [0.2, 0.25) is 0 Å². The molecule has 2 heterocycles. The second kappa shape index (κ2) is 5.44. The van der Waals surface area contributed by atoms with E-state index in [1.54, 1.807) is 0 Å². The van der Waals surface area contributed by atoms with Crippen molar-refractivity contribution in [3.8, 4) is 0 Å². The predicted octanol–water partition coefficient (Wildman–Crippen LogP) is 0.609. The first-order chi connectivity index (χ1) is 9.66. The Hall–Kier alpha value is -1.56. The SMILES string of the molecule is Cn1nccc1[C@H]1[C@H](CN=C(N)N)CCCN1C1CC1. The van der Waals surface area contributed by atoms with Crippen LogP contribution in [-0.2, 0) is 7.05 Å². The number of likely N-dealkylation sites (tertiary alicyclic amines) is 1. The van der Waals surface area contributed by atoms with Gasteiger partial charge >= 0.3 is 0 Å². The summed E-state index contributed by atoms with van der Waals surface area (Å²) in [4.78, 5) is 6.91. The maximum absolute atomic E-state index is 5.51. The van der Waals surface area contributed by atoms with Crippen LogP contribution in [0.4, 0.5) is 0 Å². The lowest BCUT2D eigenvalue weighted by molar-refractivity contribution is 0.0824. The quantitative estimate of drug-likeness (QED) is 0.623. The maximum Gasteiger partial charge on any atom is 0.185 e. The lowest BCUT2D eigenvalue weighted by Crippen LogP contribution is -2.42. The Morgan fingerprint density at radius 3 is 2.80 bits per heavy atom. The zero-order valence-electron chi connectivity index (χ0n) is 12.1. The summed E-state index contributed by atoms with van der Waals surface area (Å²) in [6.45, 7) is 1.89. The highest BCUT2D eigenvalue weighted by Gasteiger charge is 2.41. The van der Waals surface area contributed by atoms with Crippen LogP contribution in [0.25, 0.3) is 0 Å². The van der Waals surface area contributed by atoms with Crippen molar-refractivity contribution in [1.29, 1.82) is 0 Å². The molecule has 0 unspecified atom stereocenters. The van der Waals surface area contributed by atoms with Gasteiger partial charge in [0.05, 0.1) is 11.7 Å². The number of aliphatic imine (C=N–C) groups is 1. The molecule has 0 amide bonds. The van der Waals surface area contributed by atoms with Crippen molar-refractivity contribution in [1.82, 2.24) is 14.7 Å². The lowest BCUT2D eigenvalue weighted by Gasteiger charge is -2.41. The minimum Gasteiger partial charge on any atom is -0.370 e. The van der Waals surface area contributed by atoms with E-state index in [2.05, 4.69) is 21.1 Å². The van der Waals surface area contributed by atoms with Crippen LogP contribution in [0.5, 0.6) is 0 Å². The third-order valence-electron chi connectivity index (χ3n) is 4.48. The second-order valence-electron chi connectivity index (χ2n) is 5.96. The molecule has 6 heteroatoms. The summed E-state index contributed by atoms with van der Waals surface area (Å²) in [5.41, 5.74) is 12.3. The van der Waals surface area contributed by atoms with Crippen LogP contribution in [0, 0.1) is 5.92 Å². The first-order valence-electron chi connectivity index (χ1n) is 7.46. The third-order valence-corrected chi connectivity index (χ3v) is 4.48. The Morgan fingerprint density at radius 1 is 1.40 bits per heavy atom. The van der Waals surface area contributed by atoms with Gasteiger partial charge in [0.15, 0.2) is 5.96 Å². The topological polar surface area (TPSA) is 85.5 Å². The summed E-state index contributed by atoms with van der Waals surface area (Å²) in [7, 11) is 2.02. The average Bonchev–Trinajstić information content (AvgIpc) is 3.19. The highest BCUT2D eigenvalue weighted by atomic mass is 15.3. The molecule has 1 aromatic rings. The molecule has 20 heavy (non-hydrogen) atoms. The second-order valence-corrected chi connectivity index (χ2v) is 5.96. The van der Waals surface area contributed by atoms with Gasteiger partial charge in [-0.2, -0.15) is 5.10 Å². The van der Waals surface area contributed by atoms with E-state index in [0.717, 1.165) is 6.04 Å². The number of rotatable bonds is 4. The molecular weight excluding hydrogens is 252 g/mol. The number of aryl methyl sites for hydroxylation is 1. The Morgan fingerprint density at radius 2 is 2.20 bits per heavy atom. The zero-order valence-corrected chi connectivity index (χ0v) is 12.1. The van der Waals surface area contributed by atoms with Crippen LogP contribution in [0.1, 0.15) is 37.4 Å². The Labute approximate surface area is 119 Å². The van der Waals surface area contributed by atoms with E-state index in [-0.39, 0.29) is 5.96 Å². The number of aromatic nitrogens is 2. The van der Waals surface area contributed by atoms with E-state index >= 15 is 0 Å². The highest BCUT2D eigenvalue weighted by Crippen LogP contribution is 2.42. The van der Waals surface area contributed by atoms with Gasteiger partial charge in [0.25, 0.3) is 0 Å². The largest absolute Gasteiger partial charge is 0.370 e. The number of hydrogen-bond donors (Lipinski definition) is 2. The molecule has 0 aromatic carbocycles. The molecule has 110 valence electrons. The van der Waals surface area contributed by atoms with E-state index in [1.807, 2.05) is 17.9 Å². The molecule has 1 saturated heterocycles. The first kappa shape index (κ1) is 13.4.